The molecule has 1 aliphatic rings. The summed E-state index contributed by atoms with van der Waals surface area (Å²) in [5, 5.41) is 10.9. The SMILES string of the molecule is COc1ccc(C(CNC(=O)Cc2n[nH]c(=O)c3ccccc23)N2CCCC2)cc1. The molecule has 2 heterocycles. The molecule has 1 aliphatic heterocycles. The van der Waals surface area contributed by atoms with Gasteiger partial charge in [0.2, 0.25) is 5.91 Å². The number of nitrogens with zero attached hydrogens (tertiary/aromatic N) is 2. The number of rotatable bonds is 7. The van der Waals surface area contributed by atoms with E-state index in [9.17, 15) is 9.59 Å². The van der Waals surface area contributed by atoms with Crippen LogP contribution in [0.1, 0.15) is 30.1 Å². The van der Waals surface area contributed by atoms with Crippen molar-refractivity contribution in [3.63, 3.8) is 0 Å². The highest BCUT2D eigenvalue weighted by Crippen LogP contribution is 2.26. The molecular formula is C23H26N4O3. The number of aromatic nitrogens is 2. The second kappa shape index (κ2) is 9.09. The Hall–Kier alpha value is -3.19. The van der Waals surface area contributed by atoms with Crippen molar-refractivity contribution in [2.24, 2.45) is 0 Å². The first kappa shape index (κ1) is 20.1. The van der Waals surface area contributed by atoms with Gasteiger partial charge >= 0.3 is 0 Å². The van der Waals surface area contributed by atoms with Gasteiger partial charge in [0.15, 0.2) is 0 Å². The zero-order valence-corrected chi connectivity index (χ0v) is 17.1. The van der Waals surface area contributed by atoms with Crippen molar-refractivity contribution < 1.29 is 9.53 Å². The molecule has 7 nitrogen and oxygen atoms in total. The van der Waals surface area contributed by atoms with E-state index in [2.05, 4.69) is 32.5 Å². The van der Waals surface area contributed by atoms with Crippen LogP contribution in [0.5, 0.6) is 5.75 Å². The Labute approximate surface area is 175 Å². The van der Waals surface area contributed by atoms with Gasteiger partial charge in [-0.05, 0) is 49.7 Å². The summed E-state index contributed by atoms with van der Waals surface area (Å²) in [4.78, 5) is 27.1. The van der Waals surface area contributed by atoms with E-state index in [-0.39, 0.29) is 23.9 Å². The van der Waals surface area contributed by atoms with Gasteiger partial charge in [0.1, 0.15) is 5.75 Å². The summed E-state index contributed by atoms with van der Waals surface area (Å²) in [6.45, 7) is 2.57. The first-order chi connectivity index (χ1) is 14.7. The summed E-state index contributed by atoms with van der Waals surface area (Å²) in [5.74, 6) is 0.705. The third kappa shape index (κ3) is 4.36. The molecule has 0 spiro atoms. The van der Waals surface area contributed by atoms with E-state index in [4.69, 9.17) is 4.74 Å². The average Bonchev–Trinajstić information content (AvgIpc) is 3.31. The fourth-order valence-corrected chi connectivity index (χ4v) is 4.07. The summed E-state index contributed by atoms with van der Waals surface area (Å²) in [5.41, 5.74) is 1.49. The molecule has 1 saturated heterocycles. The fourth-order valence-electron chi connectivity index (χ4n) is 4.07. The maximum atomic E-state index is 12.7. The van der Waals surface area contributed by atoms with E-state index in [1.807, 2.05) is 24.3 Å². The lowest BCUT2D eigenvalue weighted by Gasteiger charge is -2.28. The highest BCUT2D eigenvalue weighted by atomic mass is 16.5. The second-order valence-electron chi connectivity index (χ2n) is 7.56. The molecule has 4 rings (SSSR count). The van der Waals surface area contributed by atoms with E-state index < -0.39 is 0 Å². The molecule has 1 fully saturated rings. The summed E-state index contributed by atoms with van der Waals surface area (Å²) in [6, 6.07) is 15.4. The minimum absolute atomic E-state index is 0.114. The van der Waals surface area contributed by atoms with Crippen molar-refractivity contribution in [3.8, 4) is 5.75 Å². The summed E-state index contributed by atoms with van der Waals surface area (Å²) in [6.07, 6.45) is 2.47. The van der Waals surface area contributed by atoms with Crippen molar-refractivity contribution in [1.82, 2.24) is 20.4 Å². The second-order valence-corrected chi connectivity index (χ2v) is 7.56. The van der Waals surface area contributed by atoms with Crippen molar-refractivity contribution in [1.29, 1.82) is 0 Å². The van der Waals surface area contributed by atoms with E-state index in [1.54, 1.807) is 19.2 Å². The average molecular weight is 406 g/mol. The first-order valence-electron chi connectivity index (χ1n) is 10.3. The van der Waals surface area contributed by atoms with Gasteiger partial charge in [0.05, 0.1) is 30.7 Å². The van der Waals surface area contributed by atoms with Crippen LogP contribution in [0.2, 0.25) is 0 Å². The minimum Gasteiger partial charge on any atom is -0.497 e. The number of methoxy groups -OCH3 is 1. The van der Waals surface area contributed by atoms with Crippen molar-refractivity contribution >= 4 is 16.7 Å². The van der Waals surface area contributed by atoms with Gasteiger partial charge < -0.3 is 10.1 Å². The number of hydrogen-bond donors (Lipinski definition) is 2. The summed E-state index contributed by atoms with van der Waals surface area (Å²) >= 11 is 0. The highest BCUT2D eigenvalue weighted by Gasteiger charge is 2.24. The van der Waals surface area contributed by atoms with Crippen LogP contribution in [0.25, 0.3) is 10.8 Å². The smallest absolute Gasteiger partial charge is 0.272 e. The number of likely N-dealkylation sites (tertiary alicyclic amines) is 1. The lowest BCUT2D eigenvalue weighted by Crippen LogP contribution is -2.37. The van der Waals surface area contributed by atoms with Crippen LogP contribution in [0.15, 0.2) is 53.3 Å². The number of carbonyl (C=O) groups excluding carboxylic acids is 1. The molecule has 1 amide bonds. The van der Waals surface area contributed by atoms with Crippen molar-refractivity contribution in [3.05, 3.63) is 70.1 Å². The van der Waals surface area contributed by atoms with Gasteiger partial charge in [-0.25, -0.2) is 5.10 Å². The molecule has 1 atom stereocenters. The third-order valence-corrected chi connectivity index (χ3v) is 5.68. The van der Waals surface area contributed by atoms with E-state index in [0.29, 0.717) is 23.0 Å². The molecule has 7 heteroatoms. The quantitative estimate of drug-likeness (QED) is 0.629. The van der Waals surface area contributed by atoms with E-state index in [0.717, 1.165) is 24.4 Å². The lowest BCUT2D eigenvalue weighted by atomic mass is 10.0. The Morgan fingerprint density at radius 2 is 1.83 bits per heavy atom. The third-order valence-electron chi connectivity index (χ3n) is 5.68. The van der Waals surface area contributed by atoms with Crippen LogP contribution in [-0.4, -0.2) is 47.7 Å². The lowest BCUT2D eigenvalue weighted by molar-refractivity contribution is -0.120. The van der Waals surface area contributed by atoms with Crippen LogP contribution in [-0.2, 0) is 11.2 Å². The van der Waals surface area contributed by atoms with Crippen molar-refractivity contribution in [2.45, 2.75) is 25.3 Å². The molecule has 0 bridgehead atoms. The van der Waals surface area contributed by atoms with Crippen LogP contribution in [0.4, 0.5) is 0 Å². The number of amides is 1. The Morgan fingerprint density at radius 1 is 1.13 bits per heavy atom. The maximum Gasteiger partial charge on any atom is 0.272 e. The van der Waals surface area contributed by atoms with Crippen LogP contribution in [0, 0.1) is 0 Å². The predicted molar refractivity (Wildman–Crippen MR) is 116 cm³/mol. The standard InChI is InChI=1S/C23H26N4O3/c1-30-17-10-8-16(9-11-17)21(27-12-4-5-13-27)15-24-22(28)14-20-18-6-2-3-7-19(18)23(29)26-25-20/h2-3,6-11,21H,4-5,12-15H2,1H3,(H,24,28)(H,26,29). The number of benzene rings is 2. The largest absolute Gasteiger partial charge is 0.497 e. The van der Waals surface area contributed by atoms with Gasteiger partial charge in [-0.15, -0.1) is 0 Å². The van der Waals surface area contributed by atoms with Gasteiger partial charge in [0.25, 0.3) is 5.56 Å². The highest BCUT2D eigenvalue weighted by molar-refractivity contribution is 5.88. The molecule has 30 heavy (non-hydrogen) atoms. The van der Waals surface area contributed by atoms with Gasteiger partial charge in [-0.3, -0.25) is 14.5 Å². The van der Waals surface area contributed by atoms with Gasteiger partial charge in [0, 0.05) is 11.9 Å². The monoisotopic (exact) mass is 406 g/mol. The number of fused-ring (bicyclic) bond motifs is 1. The molecule has 0 radical (unpaired) electrons. The fraction of sp³-hybridized carbons (Fsp3) is 0.348. The summed E-state index contributed by atoms with van der Waals surface area (Å²) < 4.78 is 5.27. The molecule has 2 aromatic carbocycles. The Morgan fingerprint density at radius 3 is 2.53 bits per heavy atom. The Bertz CT molecular complexity index is 1070. The number of carbonyl (C=O) groups is 1. The van der Waals surface area contributed by atoms with Crippen LogP contribution >= 0.6 is 0 Å². The first-order valence-corrected chi connectivity index (χ1v) is 10.3. The topological polar surface area (TPSA) is 87.3 Å². The molecule has 1 unspecified atom stereocenters. The molecule has 156 valence electrons. The van der Waals surface area contributed by atoms with E-state index in [1.165, 1.54) is 12.8 Å². The molecule has 2 N–H and O–H groups in total. The van der Waals surface area contributed by atoms with E-state index >= 15 is 0 Å². The van der Waals surface area contributed by atoms with Crippen LogP contribution in [0.3, 0.4) is 0 Å². The maximum absolute atomic E-state index is 12.7. The predicted octanol–water partition coefficient (Wildman–Crippen LogP) is 2.43. The molecular weight excluding hydrogens is 380 g/mol. The van der Waals surface area contributed by atoms with Crippen molar-refractivity contribution in [2.75, 3.05) is 26.7 Å². The van der Waals surface area contributed by atoms with Gasteiger partial charge in [-0.2, -0.15) is 5.10 Å². The molecule has 0 aliphatic carbocycles. The number of H-pyrrole nitrogens is 1. The normalized spacial score (nSPS) is 15.2. The Balaban J connectivity index is 1.47. The number of ether oxygens (including phenoxy) is 1. The molecule has 1 aromatic heterocycles. The zero-order valence-electron chi connectivity index (χ0n) is 17.1. The number of hydrogen-bond acceptors (Lipinski definition) is 5. The minimum atomic E-state index is -0.247. The number of nitrogens with one attached hydrogen (secondary N) is 2. The zero-order chi connectivity index (χ0) is 20.9. The molecule has 3 aromatic rings. The van der Waals surface area contributed by atoms with Gasteiger partial charge in [-0.1, -0.05) is 30.3 Å². The summed E-state index contributed by atoms with van der Waals surface area (Å²) in [7, 11) is 1.65. The molecule has 0 saturated carbocycles. The Kier molecular flexibility index (Phi) is 6.09. The number of aromatic amines is 1. The van der Waals surface area contributed by atoms with Crippen LogP contribution < -0.4 is 15.6 Å².